The van der Waals surface area contributed by atoms with Crippen molar-refractivity contribution in [2.45, 2.75) is 45.6 Å². The molecule has 0 aromatic heterocycles. The molecule has 18 heavy (non-hydrogen) atoms. The first kappa shape index (κ1) is 13.8. The number of carbonyl (C=O) groups is 1. The quantitative estimate of drug-likeness (QED) is 0.757. The van der Waals surface area contributed by atoms with Gasteiger partial charge in [0.05, 0.1) is 0 Å². The van der Waals surface area contributed by atoms with Crippen molar-refractivity contribution in [3.05, 3.63) is 32.9 Å². The Labute approximate surface area is 123 Å². The summed E-state index contributed by atoms with van der Waals surface area (Å²) in [5.41, 5.74) is 2.88. The fraction of sp³-hybridized carbons (Fsp3) is 0.533. The van der Waals surface area contributed by atoms with Gasteiger partial charge in [0, 0.05) is 22.6 Å². The zero-order valence-electron chi connectivity index (χ0n) is 11.1. The molecule has 0 bridgehead atoms. The molecule has 1 aliphatic rings. The van der Waals surface area contributed by atoms with E-state index < -0.39 is 0 Å². The maximum atomic E-state index is 12.0. The van der Waals surface area contributed by atoms with Crippen LogP contribution < -0.4 is 0 Å². The zero-order valence-corrected chi connectivity index (χ0v) is 13.2. The van der Waals surface area contributed by atoms with E-state index in [0.29, 0.717) is 18.4 Å². The molecule has 1 unspecified atom stereocenters. The molecule has 1 atom stereocenters. The minimum Gasteiger partial charge on any atom is -0.339 e. The molecule has 2 rings (SSSR count). The summed E-state index contributed by atoms with van der Waals surface area (Å²) < 4.78 is 1.34. The molecule has 2 nitrogen and oxygen atoms in total. The molecule has 0 aliphatic heterocycles. The van der Waals surface area contributed by atoms with Gasteiger partial charge >= 0.3 is 0 Å². The molecule has 3 heteroatoms. The normalized spacial score (nSPS) is 17.6. The Kier molecular flexibility index (Phi) is 4.65. The Morgan fingerprint density at radius 2 is 2.17 bits per heavy atom. The van der Waals surface area contributed by atoms with Gasteiger partial charge in [-0.3, -0.25) is 4.79 Å². The average Bonchev–Trinajstić information content (AvgIpc) is 2.80. The summed E-state index contributed by atoms with van der Waals surface area (Å²) in [4.78, 5) is 14.1. The van der Waals surface area contributed by atoms with Gasteiger partial charge in [0.2, 0.25) is 5.91 Å². The lowest BCUT2D eigenvalue weighted by Crippen LogP contribution is -2.41. The third kappa shape index (κ3) is 2.71. The second kappa shape index (κ2) is 6.04. The Balaban J connectivity index is 2.17. The van der Waals surface area contributed by atoms with Crippen LogP contribution in [0.5, 0.6) is 0 Å². The molecule has 1 amide bonds. The third-order valence-corrected chi connectivity index (χ3v) is 4.65. The van der Waals surface area contributed by atoms with Crippen molar-refractivity contribution in [3.63, 3.8) is 0 Å². The maximum absolute atomic E-state index is 12.0. The smallest absolute Gasteiger partial charge is 0.222 e. The van der Waals surface area contributed by atoms with Crippen LogP contribution in [0, 0.1) is 3.57 Å². The van der Waals surface area contributed by atoms with Crippen molar-refractivity contribution in [1.29, 1.82) is 0 Å². The average molecular weight is 357 g/mol. The summed E-state index contributed by atoms with van der Waals surface area (Å²) in [7, 11) is 0. The summed E-state index contributed by atoms with van der Waals surface area (Å²) >= 11 is 2.40. The number of nitrogens with zero attached hydrogens (tertiary/aromatic N) is 1. The first-order chi connectivity index (χ1) is 8.67. The first-order valence-corrected chi connectivity index (χ1v) is 7.81. The molecule has 0 heterocycles. The highest BCUT2D eigenvalue weighted by Gasteiger charge is 2.29. The lowest BCUT2D eigenvalue weighted by Gasteiger charge is -2.28. The van der Waals surface area contributed by atoms with Crippen molar-refractivity contribution in [2.75, 3.05) is 6.54 Å². The van der Waals surface area contributed by atoms with E-state index in [1.165, 1.54) is 14.7 Å². The SMILES string of the molecule is CCCN(C(=O)CC)C1Cc2cccc(I)c2C1. The molecule has 1 aliphatic carbocycles. The van der Waals surface area contributed by atoms with Crippen LogP contribution in [-0.2, 0) is 17.6 Å². The Morgan fingerprint density at radius 1 is 1.39 bits per heavy atom. The largest absolute Gasteiger partial charge is 0.339 e. The van der Waals surface area contributed by atoms with Crippen LogP contribution in [0.2, 0.25) is 0 Å². The predicted molar refractivity (Wildman–Crippen MR) is 82.7 cm³/mol. The highest BCUT2D eigenvalue weighted by Crippen LogP contribution is 2.29. The fourth-order valence-electron chi connectivity index (χ4n) is 2.76. The summed E-state index contributed by atoms with van der Waals surface area (Å²) in [6.07, 6.45) is 3.71. The molecule has 0 fully saturated rings. The van der Waals surface area contributed by atoms with E-state index in [-0.39, 0.29) is 0 Å². The fourth-order valence-corrected chi connectivity index (χ4v) is 3.53. The van der Waals surface area contributed by atoms with Crippen LogP contribution in [0.25, 0.3) is 0 Å². The number of benzene rings is 1. The van der Waals surface area contributed by atoms with Gasteiger partial charge in [-0.15, -0.1) is 0 Å². The summed E-state index contributed by atoms with van der Waals surface area (Å²) in [5.74, 6) is 0.296. The number of hydrogen-bond donors (Lipinski definition) is 0. The van der Waals surface area contributed by atoms with E-state index in [1.54, 1.807) is 0 Å². The summed E-state index contributed by atoms with van der Waals surface area (Å²) in [5, 5.41) is 0. The molecule has 0 saturated carbocycles. The molecule has 1 aromatic carbocycles. The van der Waals surface area contributed by atoms with E-state index in [9.17, 15) is 4.79 Å². The van der Waals surface area contributed by atoms with Gasteiger partial charge in [-0.2, -0.15) is 0 Å². The third-order valence-electron chi connectivity index (χ3n) is 3.64. The van der Waals surface area contributed by atoms with E-state index in [2.05, 4.69) is 52.6 Å². The predicted octanol–water partition coefficient (Wildman–Crippen LogP) is 3.41. The van der Waals surface area contributed by atoms with Crippen LogP contribution in [-0.4, -0.2) is 23.4 Å². The molecule has 0 saturated heterocycles. The topological polar surface area (TPSA) is 20.3 Å². The standard InChI is InChI=1S/C15H20INO/c1-3-8-17(15(18)4-2)12-9-11-6-5-7-14(16)13(11)10-12/h5-7,12H,3-4,8-10H2,1-2H3. The van der Waals surface area contributed by atoms with E-state index >= 15 is 0 Å². The second-order valence-corrected chi connectivity index (χ2v) is 6.04. The van der Waals surface area contributed by atoms with Crippen molar-refractivity contribution < 1.29 is 4.79 Å². The number of carbonyl (C=O) groups excluding carboxylic acids is 1. The second-order valence-electron chi connectivity index (χ2n) is 4.88. The molecule has 0 spiro atoms. The summed E-state index contributed by atoms with van der Waals surface area (Å²) in [6.45, 7) is 4.99. The van der Waals surface area contributed by atoms with E-state index in [4.69, 9.17) is 0 Å². The van der Waals surface area contributed by atoms with Crippen LogP contribution in [0.3, 0.4) is 0 Å². The van der Waals surface area contributed by atoms with Gasteiger partial charge in [0.25, 0.3) is 0 Å². The first-order valence-electron chi connectivity index (χ1n) is 6.73. The van der Waals surface area contributed by atoms with Crippen LogP contribution in [0.4, 0.5) is 0 Å². The minimum atomic E-state index is 0.296. The number of fused-ring (bicyclic) bond motifs is 1. The zero-order chi connectivity index (χ0) is 13.1. The monoisotopic (exact) mass is 357 g/mol. The van der Waals surface area contributed by atoms with Gasteiger partial charge in [0.15, 0.2) is 0 Å². The molecule has 1 aromatic rings. The van der Waals surface area contributed by atoms with Gasteiger partial charge in [-0.1, -0.05) is 26.0 Å². The maximum Gasteiger partial charge on any atom is 0.222 e. The van der Waals surface area contributed by atoms with Crippen molar-refractivity contribution in [2.24, 2.45) is 0 Å². The summed E-state index contributed by atoms with van der Waals surface area (Å²) in [6, 6.07) is 6.86. The van der Waals surface area contributed by atoms with Crippen LogP contribution in [0.15, 0.2) is 18.2 Å². The highest BCUT2D eigenvalue weighted by atomic mass is 127. The Morgan fingerprint density at radius 3 is 2.78 bits per heavy atom. The van der Waals surface area contributed by atoms with E-state index in [0.717, 1.165) is 25.8 Å². The minimum absolute atomic E-state index is 0.296. The molecule has 0 radical (unpaired) electrons. The van der Waals surface area contributed by atoms with E-state index in [1.807, 2.05) is 6.92 Å². The lowest BCUT2D eigenvalue weighted by atomic mass is 10.1. The molecule has 98 valence electrons. The van der Waals surface area contributed by atoms with Gasteiger partial charge in [-0.25, -0.2) is 0 Å². The van der Waals surface area contributed by atoms with Gasteiger partial charge in [-0.05, 0) is 59.0 Å². The number of amides is 1. The number of hydrogen-bond acceptors (Lipinski definition) is 1. The molecule has 0 N–H and O–H groups in total. The molecular weight excluding hydrogens is 337 g/mol. The van der Waals surface area contributed by atoms with Crippen LogP contribution >= 0.6 is 22.6 Å². The highest BCUT2D eigenvalue weighted by molar-refractivity contribution is 14.1. The van der Waals surface area contributed by atoms with Crippen molar-refractivity contribution >= 4 is 28.5 Å². The van der Waals surface area contributed by atoms with Gasteiger partial charge < -0.3 is 4.90 Å². The Hall–Kier alpha value is -0.580. The van der Waals surface area contributed by atoms with Crippen molar-refractivity contribution in [3.8, 4) is 0 Å². The molecular formula is C15H20INO. The Bertz CT molecular complexity index is 444. The number of rotatable bonds is 4. The van der Waals surface area contributed by atoms with Crippen molar-refractivity contribution in [1.82, 2.24) is 4.90 Å². The van der Waals surface area contributed by atoms with Gasteiger partial charge in [0.1, 0.15) is 0 Å². The number of halogens is 1. The lowest BCUT2D eigenvalue weighted by molar-refractivity contribution is -0.133. The van der Waals surface area contributed by atoms with Crippen LogP contribution in [0.1, 0.15) is 37.8 Å².